The van der Waals surface area contributed by atoms with Crippen molar-refractivity contribution in [3.63, 3.8) is 0 Å². The van der Waals surface area contributed by atoms with Crippen LogP contribution in [0.5, 0.6) is 0 Å². The Kier molecular flexibility index (Phi) is 7.75. The fourth-order valence-electron chi connectivity index (χ4n) is 2.40. The quantitative estimate of drug-likeness (QED) is 0.740. The average Bonchev–Trinajstić information content (AvgIpc) is 2.41. The standard InChI is InChI=1S/C16H30N2O3/c1-16(2,3)21-15(19)18-11-6-5-10-17-13-8-7-9-14(12-13)20-4/h5-6,13-14,17H,7-12H2,1-4H3,(H,18,19)/b6-5+. The van der Waals surface area contributed by atoms with Crippen LogP contribution in [0.25, 0.3) is 0 Å². The van der Waals surface area contributed by atoms with Crippen molar-refractivity contribution in [2.45, 2.75) is 64.2 Å². The monoisotopic (exact) mass is 298 g/mol. The molecule has 0 aliphatic heterocycles. The van der Waals surface area contributed by atoms with E-state index in [4.69, 9.17) is 9.47 Å². The second-order valence-corrected chi connectivity index (χ2v) is 6.48. The molecule has 1 saturated carbocycles. The molecular formula is C16H30N2O3. The molecule has 0 saturated heterocycles. The van der Waals surface area contributed by atoms with Gasteiger partial charge in [-0.1, -0.05) is 12.2 Å². The maximum Gasteiger partial charge on any atom is 0.407 e. The van der Waals surface area contributed by atoms with Crippen LogP contribution < -0.4 is 10.6 Å². The molecule has 5 heteroatoms. The maximum absolute atomic E-state index is 11.4. The summed E-state index contributed by atoms with van der Waals surface area (Å²) < 4.78 is 10.6. The molecule has 2 N–H and O–H groups in total. The minimum Gasteiger partial charge on any atom is -0.444 e. The van der Waals surface area contributed by atoms with Gasteiger partial charge in [0.15, 0.2) is 0 Å². The van der Waals surface area contributed by atoms with Crippen molar-refractivity contribution in [1.29, 1.82) is 0 Å². The number of ether oxygens (including phenoxy) is 2. The predicted molar refractivity (Wildman–Crippen MR) is 84.4 cm³/mol. The Balaban J connectivity index is 2.08. The van der Waals surface area contributed by atoms with Crippen LogP contribution in [0.4, 0.5) is 4.79 Å². The van der Waals surface area contributed by atoms with Gasteiger partial charge in [-0.3, -0.25) is 0 Å². The number of alkyl carbamates (subject to hydrolysis) is 1. The van der Waals surface area contributed by atoms with Crippen LogP contribution in [0, 0.1) is 0 Å². The number of rotatable bonds is 6. The summed E-state index contributed by atoms with van der Waals surface area (Å²) in [6, 6.07) is 0.534. The highest BCUT2D eigenvalue weighted by molar-refractivity contribution is 5.67. The number of carbonyl (C=O) groups is 1. The van der Waals surface area contributed by atoms with Crippen LogP contribution in [-0.2, 0) is 9.47 Å². The van der Waals surface area contributed by atoms with Gasteiger partial charge in [0, 0.05) is 26.2 Å². The van der Waals surface area contributed by atoms with E-state index in [0.29, 0.717) is 18.7 Å². The van der Waals surface area contributed by atoms with E-state index in [2.05, 4.69) is 10.6 Å². The summed E-state index contributed by atoms with van der Waals surface area (Å²) in [7, 11) is 1.79. The second-order valence-electron chi connectivity index (χ2n) is 6.48. The van der Waals surface area contributed by atoms with Crippen molar-refractivity contribution in [1.82, 2.24) is 10.6 Å². The van der Waals surface area contributed by atoms with Gasteiger partial charge in [-0.05, 0) is 46.5 Å². The van der Waals surface area contributed by atoms with Gasteiger partial charge in [0.05, 0.1) is 6.10 Å². The van der Waals surface area contributed by atoms with Crippen LogP contribution >= 0.6 is 0 Å². The Morgan fingerprint density at radius 1 is 1.24 bits per heavy atom. The van der Waals surface area contributed by atoms with Gasteiger partial charge in [-0.15, -0.1) is 0 Å². The molecule has 0 bridgehead atoms. The van der Waals surface area contributed by atoms with Gasteiger partial charge in [0.2, 0.25) is 0 Å². The fraction of sp³-hybridized carbons (Fsp3) is 0.812. The van der Waals surface area contributed by atoms with E-state index in [-0.39, 0.29) is 6.09 Å². The van der Waals surface area contributed by atoms with Crippen molar-refractivity contribution in [2.75, 3.05) is 20.2 Å². The van der Waals surface area contributed by atoms with E-state index in [1.807, 2.05) is 32.9 Å². The van der Waals surface area contributed by atoms with Crippen molar-refractivity contribution < 1.29 is 14.3 Å². The smallest absolute Gasteiger partial charge is 0.407 e. The Morgan fingerprint density at radius 2 is 1.95 bits per heavy atom. The Bertz CT molecular complexity index is 337. The highest BCUT2D eigenvalue weighted by atomic mass is 16.6. The summed E-state index contributed by atoms with van der Waals surface area (Å²) in [6.07, 6.45) is 8.68. The molecule has 5 nitrogen and oxygen atoms in total. The molecule has 1 fully saturated rings. The first kappa shape index (κ1) is 18.0. The van der Waals surface area contributed by atoms with Crippen LogP contribution in [0.3, 0.4) is 0 Å². The number of nitrogens with one attached hydrogen (secondary N) is 2. The summed E-state index contributed by atoms with van der Waals surface area (Å²) in [4.78, 5) is 11.4. The van der Waals surface area contributed by atoms with Gasteiger partial charge in [0.1, 0.15) is 5.60 Å². The summed E-state index contributed by atoms with van der Waals surface area (Å²) in [5, 5.41) is 6.20. The van der Waals surface area contributed by atoms with Gasteiger partial charge < -0.3 is 20.1 Å². The van der Waals surface area contributed by atoms with Crippen molar-refractivity contribution in [3.05, 3.63) is 12.2 Å². The van der Waals surface area contributed by atoms with Crippen molar-refractivity contribution >= 4 is 6.09 Å². The van der Waals surface area contributed by atoms with Gasteiger partial charge in [-0.25, -0.2) is 4.79 Å². The highest BCUT2D eigenvalue weighted by Crippen LogP contribution is 2.20. The molecule has 1 amide bonds. The number of hydrogen-bond donors (Lipinski definition) is 2. The lowest BCUT2D eigenvalue weighted by atomic mass is 9.93. The normalized spacial score (nSPS) is 23.2. The lowest BCUT2D eigenvalue weighted by Gasteiger charge is -2.28. The number of amides is 1. The number of carbonyl (C=O) groups excluding carboxylic acids is 1. The van der Waals surface area contributed by atoms with E-state index in [9.17, 15) is 4.79 Å². The minimum absolute atomic E-state index is 0.379. The molecule has 0 radical (unpaired) electrons. The minimum atomic E-state index is -0.450. The summed E-state index contributed by atoms with van der Waals surface area (Å²) in [6.45, 7) is 6.86. The molecule has 2 unspecified atom stereocenters. The van der Waals surface area contributed by atoms with Crippen LogP contribution in [0.2, 0.25) is 0 Å². The zero-order valence-corrected chi connectivity index (χ0v) is 13.8. The Hall–Kier alpha value is -1.07. The van der Waals surface area contributed by atoms with Gasteiger partial charge in [-0.2, -0.15) is 0 Å². The fourth-order valence-corrected chi connectivity index (χ4v) is 2.40. The van der Waals surface area contributed by atoms with E-state index in [0.717, 1.165) is 13.0 Å². The highest BCUT2D eigenvalue weighted by Gasteiger charge is 2.20. The molecule has 0 aromatic rings. The molecule has 0 aromatic heterocycles. The molecular weight excluding hydrogens is 268 g/mol. The average molecular weight is 298 g/mol. The van der Waals surface area contributed by atoms with Crippen LogP contribution in [0.1, 0.15) is 46.5 Å². The van der Waals surface area contributed by atoms with Crippen molar-refractivity contribution in [3.8, 4) is 0 Å². The lowest BCUT2D eigenvalue weighted by Crippen LogP contribution is -2.36. The predicted octanol–water partition coefficient (Wildman–Crippen LogP) is 2.61. The summed E-state index contributed by atoms with van der Waals surface area (Å²) >= 11 is 0. The third-order valence-corrected chi connectivity index (χ3v) is 3.41. The number of hydrogen-bond acceptors (Lipinski definition) is 4. The second kappa shape index (κ2) is 9.05. The van der Waals surface area contributed by atoms with Crippen LogP contribution in [0.15, 0.2) is 12.2 Å². The van der Waals surface area contributed by atoms with E-state index < -0.39 is 5.60 Å². The van der Waals surface area contributed by atoms with Gasteiger partial charge >= 0.3 is 6.09 Å². The Labute approximate surface area is 128 Å². The lowest BCUT2D eigenvalue weighted by molar-refractivity contribution is 0.0533. The molecule has 21 heavy (non-hydrogen) atoms. The third kappa shape index (κ3) is 8.73. The van der Waals surface area contributed by atoms with E-state index in [1.165, 1.54) is 19.3 Å². The zero-order valence-electron chi connectivity index (χ0n) is 13.8. The van der Waals surface area contributed by atoms with Gasteiger partial charge in [0.25, 0.3) is 0 Å². The maximum atomic E-state index is 11.4. The molecule has 122 valence electrons. The topological polar surface area (TPSA) is 59.6 Å². The first-order valence-corrected chi connectivity index (χ1v) is 7.78. The summed E-state index contributed by atoms with van der Waals surface area (Å²) in [5.41, 5.74) is -0.450. The molecule has 1 aliphatic carbocycles. The molecule has 2 atom stereocenters. The summed E-state index contributed by atoms with van der Waals surface area (Å²) in [5.74, 6) is 0. The SMILES string of the molecule is COC1CCCC(NC/C=C/CNC(=O)OC(C)(C)C)C1. The molecule has 0 aromatic carbocycles. The first-order valence-electron chi connectivity index (χ1n) is 7.78. The zero-order chi connectivity index (χ0) is 15.7. The molecule has 0 heterocycles. The van der Waals surface area contributed by atoms with Crippen LogP contribution in [-0.4, -0.2) is 44.0 Å². The van der Waals surface area contributed by atoms with E-state index in [1.54, 1.807) is 7.11 Å². The third-order valence-electron chi connectivity index (χ3n) is 3.41. The molecule has 0 spiro atoms. The van der Waals surface area contributed by atoms with E-state index >= 15 is 0 Å². The largest absolute Gasteiger partial charge is 0.444 e. The Morgan fingerprint density at radius 3 is 2.62 bits per heavy atom. The number of methoxy groups -OCH3 is 1. The molecule has 1 rings (SSSR count). The first-order chi connectivity index (χ1) is 9.90. The molecule has 1 aliphatic rings. The van der Waals surface area contributed by atoms with Crippen molar-refractivity contribution in [2.24, 2.45) is 0 Å².